The molecule has 0 saturated carbocycles. The molecule has 0 radical (unpaired) electrons. The minimum Gasteiger partial charge on any atom is -0.352 e. The van der Waals surface area contributed by atoms with Crippen LogP contribution in [0.2, 0.25) is 5.04 Å². The van der Waals surface area contributed by atoms with Gasteiger partial charge in [-0.25, -0.2) is 4.98 Å². The third-order valence-electron chi connectivity index (χ3n) is 6.49. The van der Waals surface area contributed by atoms with E-state index in [4.69, 9.17) is 25.5 Å². The molecule has 2 unspecified atom stereocenters. The first-order valence-corrected chi connectivity index (χ1v) is 13.7. The SMILES string of the molecule is CN1C(Cl)=c2[nH]c(C3COCO3)nc2=NC1(F)O[Si](c1ccccc1)(c1ccccc1)C(C)(C)C. The summed E-state index contributed by atoms with van der Waals surface area (Å²) in [6.07, 6.45) is -2.98. The number of alkyl halides is 1. The molecule has 0 bridgehead atoms. The van der Waals surface area contributed by atoms with E-state index in [2.05, 4.69) is 35.7 Å². The molecule has 10 heteroatoms. The van der Waals surface area contributed by atoms with Crippen LogP contribution < -0.4 is 21.2 Å². The summed E-state index contributed by atoms with van der Waals surface area (Å²) < 4.78 is 34.5. The van der Waals surface area contributed by atoms with Crippen LogP contribution in [-0.2, 0) is 13.9 Å². The van der Waals surface area contributed by atoms with Crippen LogP contribution in [0.15, 0.2) is 65.7 Å². The predicted octanol–water partition coefficient (Wildman–Crippen LogP) is 2.48. The molecular weight excluding hydrogens is 487 g/mol. The lowest BCUT2D eigenvalue weighted by Gasteiger charge is -2.47. The molecule has 1 N–H and O–H groups in total. The molecule has 2 aliphatic heterocycles. The Balaban J connectivity index is 1.69. The molecule has 2 aromatic carbocycles. The van der Waals surface area contributed by atoms with E-state index in [0.29, 0.717) is 17.8 Å². The number of halogens is 2. The molecular formula is C25H28ClFN4O3Si. The Morgan fingerprint density at radius 1 is 1.11 bits per heavy atom. The highest BCUT2D eigenvalue weighted by Crippen LogP contribution is 2.41. The first-order chi connectivity index (χ1) is 16.7. The van der Waals surface area contributed by atoms with Crippen molar-refractivity contribution in [3.05, 3.63) is 77.3 Å². The lowest BCUT2D eigenvalue weighted by Crippen LogP contribution is -2.71. The van der Waals surface area contributed by atoms with Crippen LogP contribution in [0.3, 0.4) is 0 Å². The fraction of sp³-hybridized carbons (Fsp3) is 0.360. The molecule has 5 rings (SSSR count). The fourth-order valence-electron chi connectivity index (χ4n) is 4.68. The summed E-state index contributed by atoms with van der Waals surface area (Å²) in [6, 6.07) is 19.7. The van der Waals surface area contributed by atoms with Crippen LogP contribution in [0.5, 0.6) is 0 Å². The van der Waals surface area contributed by atoms with Gasteiger partial charge in [0.2, 0.25) is 0 Å². The van der Waals surface area contributed by atoms with Gasteiger partial charge in [-0.1, -0.05) is 93.0 Å². The van der Waals surface area contributed by atoms with Crippen molar-refractivity contribution in [3.63, 3.8) is 0 Å². The highest BCUT2D eigenvalue weighted by Gasteiger charge is 2.57. The third kappa shape index (κ3) is 4.01. The van der Waals surface area contributed by atoms with Crippen molar-refractivity contribution in [1.82, 2.24) is 14.9 Å². The number of benzene rings is 2. The van der Waals surface area contributed by atoms with Gasteiger partial charge in [-0.3, -0.25) is 4.90 Å². The maximum Gasteiger partial charge on any atom is 0.390 e. The first kappa shape index (κ1) is 24.1. The minimum absolute atomic E-state index is 0.119. The van der Waals surface area contributed by atoms with Crippen LogP contribution in [0.1, 0.15) is 32.7 Å². The van der Waals surface area contributed by atoms with Crippen molar-refractivity contribution in [1.29, 1.82) is 0 Å². The molecule has 7 nitrogen and oxygen atoms in total. The number of hydrogen-bond donors (Lipinski definition) is 1. The molecule has 2 atom stereocenters. The summed E-state index contributed by atoms with van der Waals surface area (Å²) in [7, 11) is -1.76. The number of imidazole rings is 1. The van der Waals surface area contributed by atoms with Crippen LogP contribution in [0.4, 0.5) is 4.39 Å². The Kier molecular flexibility index (Phi) is 6.09. The van der Waals surface area contributed by atoms with Gasteiger partial charge in [-0.05, 0) is 15.4 Å². The first-order valence-electron chi connectivity index (χ1n) is 11.4. The Morgan fingerprint density at radius 3 is 2.23 bits per heavy atom. The number of rotatable bonds is 5. The lowest BCUT2D eigenvalue weighted by atomic mass is 10.2. The number of aromatic amines is 1. The molecule has 1 saturated heterocycles. The number of nitrogens with zero attached hydrogens (tertiary/aromatic N) is 3. The molecule has 3 aromatic rings. The summed E-state index contributed by atoms with van der Waals surface area (Å²) in [5, 5.41) is 1.94. The predicted molar refractivity (Wildman–Crippen MR) is 134 cm³/mol. The quantitative estimate of drug-likeness (QED) is 0.418. The molecule has 35 heavy (non-hydrogen) atoms. The van der Waals surface area contributed by atoms with Gasteiger partial charge in [0.15, 0.2) is 5.49 Å². The molecule has 1 fully saturated rings. The Hall–Kier alpha value is -2.56. The molecule has 0 spiro atoms. The van der Waals surface area contributed by atoms with Gasteiger partial charge in [0.25, 0.3) is 8.32 Å². The van der Waals surface area contributed by atoms with Gasteiger partial charge in [0.05, 0.1) is 6.61 Å². The van der Waals surface area contributed by atoms with Gasteiger partial charge in [0.1, 0.15) is 29.2 Å². The van der Waals surface area contributed by atoms with Crippen molar-refractivity contribution in [2.24, 2.45) is 4.99 Å². The average molecular weight is 515 g/mol. The fourth-order valence-corrected chi connectivity index (χ4v) is 9.42. The molecule has 1 aromatic heterocycles. The van der Waals surface area contributed by atoms with E-state index >= 15 is 4.39 Å². The van der Waals surface area contributed by atoms with E-state index in [-0.39, 0.29) is 17.4 Å². The summed E-state index contributed by atoms with van der Waals surface area (Å²) in [4.78, 5) is 13.2. The second kappa shape index (κ2) is 8.83. The number of ether oxygens (including phenoxy) is 2. The molecule has 184 valence electrons. The van der Waals surface area contributed by atoms with Crippen molar-refractivity contribution in [2.75, 3.05) is 20.4 Å². The highest BCUT2D eigenvalue weighted by molar-refractivity contribution is 6.99. The maximum absolute atomic E-state index is 17.0. The second-order valence-electron chi connectivity index (χ2n) is 9.72. The Bertz CT molecular complexity index is 1290. The van der Waals surface area contributed by atoms with Crippen LogP contribution >= 0.6 is 11.6 Å². The summed E-state index contributed by atoms with van der Waals surface area (Å²) in [5.74, 6) is 0.484. The second-order valence-corrected chi connectivity index (χ2v) is 14.3. The molecule has 0 aliphatic carbocycles. The zero-order valence-electron chi connectivity index (χ0n) is 20.1. The van der Waals surface area contributed by atoms with Crippen molar-refractivity contribution in [3.8, 4) is 0 Å². The van der Waals surface area contributed by atoms with Crippen molar-refractivity contribution >= 4 is 35.4 Å². The van der Waals surface area contributed by atoms with Crippen LogP contribution in [0, 0.1) is 0 Å². The summed E-state index contributed by atoms with van der Waals surface area (Å²) in [6.45, 7) is 6.75. The maximum atomic E-state index is 17.0. The normalized spacial score (nSPS) is 22.7. The zero-order chi connectivity index (χ0) is 24.8. The van der Waals surface area contributed by atoms with Crippen LogP contribution in [0.25, 0.3) is 5.16 Å². The van der Waals surface area contributed by atoms with Crippen molar-refractivity contribution in [2.45, 2.75) is 38.0 Å². The molecule has 3 heterocycles. The topological polar surface area (TPSA) is 72.0 Å². The smallest absolute Gasteiger partial charge is 0.352 e. The Labute approximate surface area is 209 Å². The van der Waals surface area contributed by atoms with Crippen LogP contribution in [-0.4, -0.2) is 49.7 Å². The minimum atomic E-state index is -3.29. The van der Waals surface area contributed by atoms with Gasteiger partial charge in [-0.2, -0.15) is 9.38 Å². The van der Waals surface area contributed by atoms with E-state index in [9.17, 15) is 0 Å². The highest BCUT2D eigenvalue weighted by atomic mass is 35.5. The standard InChI is InChI=1S/C25H28ClFN4O3Si/c1-24(2,3)35(17-11-7-5-8-12-17,18-13-9-6-10-14-18)34-25(27)30-23-20(21(26)31(25)4)28-22(29-23)19-15-32-16-33-19/h5-14,19H,15-16H2,1-4H3,(H,28,29,30). The number of fused-ring (bicyclic) bond motifs is 1. The van der Waals surface area contributed by atoms with E-state index in [1.165, 1.54) is 11.9 Å². The summed E-state index contributed by atoms with van der Waals surface area (Å²) in [5.41, 5.74) is 0.138. The number of nitrogens with one attached hydrogen (secondary N) is 1. The molecule has 2 aliphatic rings. The van der Waals surface area contributed by atoms with E-state index in [1.54, 1.807) is 0 Å². The van der Waals surface area contributed by atoms with Gasteiger partial charge < -0.3 is 18.9 Å². The van der Waals surface area contributed by atoms with Gasteiger partial charge in [-0.15, -0.1) is 0 Å². The van der Waals surface area contributed by atoms with E-state index < -0.39 is 25.6 Å². The third-order valence-corrected chi connectivity index (χ3v) is 11.9. The number of aromatic nitrogens is 2. The van der Waals surface area contributed by atoms with E-state index in [1.807, 2.05) is 60.7 Å². The summed E-state index contributed by atoms with van der Waals surface area (Å²) >= 11 is 6.67. The number of hydrogen-bond acceptors (Lipinski definition) is 6. The average Bonchev–Trinajstić information content (AvgIpc) is 3.52. The monoisotopic (exact) mass is 514 g/mol. The van der Waals surface area contributed by atoms with Gasteiger partial charge in [0, 0.05) is 7.05 Å². The Morgan fingerprint density at radius 2 is 1.71 bits per heavy atom. The molecule has 0 amide bonds. The number of H-pyrrole nitrogens is 1. The van der Waals surface area contributed by atoms with Gasteiger partial charge >= 0.3 is 6.10 Å². The van der Waals surface area contributed by atoms with Crippen molar-refractivity contribution < 1.29 is 18.3 Å². The lowest BCUT2D eigenvalue weighted by molar-refractivity contribution is -0.156. The largest absolute Gasteiger partial charge is 0.390 e. The zero-order valence-corrected chi connectivity index (χ0v) is 21.8. The van der Waals surface area contributed by atoms with E-state index in [0.717, 1.165) is 10.4 Å².